The summed E-state index contributed by atoms with van der Waals surface area (Å²) in [6.45, 7) is 1.18. The molecule has 1 N–H and O–H groups in total. The second-order valence-corrected chi connectivity index (χ2v) is 2.93. The monoisotopic (exact) mass is 207 g/mol. The molecule has 0 aliphatic carbocycles. The standard InChI is InChI=1S/C8H8ClF2NO/c1-4-5(3-13)2-12-7(9)6(4)8(10)11/h2,8,13H,3H2,1H3. The lowest BCUT2D eigenvalue weighted by Crippen LogP contribution is -1.99. The molecule has 0 unspecified atom stereocenters. The van der Waals surface area contributed by atoms with E-state index < -0.39 is 6.43 Å². The number of hydrogen-bond donors (Lipinski definition) is 1. The first kappa shape index (κ1) is 10.3. The van der Waals surface area contributed by atoms with Gasteiger partial charge in [0.05, 0.1) is 12.2 Å². The average molecular weight is 208 g/mol. The second kappa shape index (κ2) is 3.98. The normalized spacial score (nSPS) is 10.9. The molecule has 0 amide bonds. The highest BCUT2D eigenvalue weighted by atomic mass is 35.5. The van der Waals surface area contributed by atoms with Crippen LogP contribution in [0.5, 0.6) is 0 Å². The first-order valence-corrected chi connectivity index (χ1v) is 3.98. The van der Waals surface area contributed by atoms with Crippen LogP contribution in [0.1, 0.15) is 23.1 Å². The Kier molecular flexibility index (Phi) is 3.17. The van der Waals surface area contributed by atoms with Gasteiger partial charge in [-0.2, -0.15) is 0 Å². The fourth-order valence-electron chi connectivity index (χ4n) is 1.04. The van der Waals surface area contributed by atoms with E-state index in [0.29, 0.717) is 11.1 Å². The van der Waals surface area contributed by atoms with Crippen molar-refractivity contribution in [1.29, 1.82) is 0 Å². The Morgan fingerprint density at radius 1 is 1.62 bits per heavy atom. The molecule has 1 aromatic rings. The van der Waals surface area contributed by atoms with Crippen LogP contribution in [0.3, 0.4) is 0 Å². The molecule has 0 aliphatic rings. The van der Waals surface area contributed by atoms with Crippen molar-refractivity contribution in [1.82, 2.24) is 4.98 Å². The van der Waals surface area contributed by atoms with Crippen LogP contribution in [0.25, 0.3) is 0 Å². The smallest absolute Gasteiger partial charge is 0.267 e. The number of nitrogens with zero attached hydrogens (tertiary/aromatic N) is 1. The van der Waals surface area contributed by atoms with E-state index >= 15 is 0 Å². The van der Waals surface area contributed by atoms with Crippen molar-refractivity contribution in [2.75, 3.05) is 0 Å². The van der Waals surface area contributed by atoms with Gasteiger partial charge < -0.3 is 5.11 Å². The summed E-state index contributed by atoms with van der Waals surface area (Å²) < 4.78 is 24.8. The molecule has 0 aromatic carbocycles. The van der Waals surface area contributed by atoms with E-state index in [1.54, 1.807) is 0 Å². The number of aliphatic hydroxyl groups excluding tert-OH is 1. The molecule has 1 aromatic heterocycles. The summed E-state index contributed by atoms with van der Waals surface area (Å²) in [4.78, 5) is 3.56. The molecule has 0 aliphatic heterocycles. The van der Waals surface area contributed by atoms with Crippen molar-refractivity contribution in [2.24, 2.45) is 0 Å². The minimum absolute atomic E-state index is 0.204. The fraction of sp³-hybridized carbons (Fsp3) is 0.375. The minimum Gasteiger partial charge on any atom is -0.392 e. The van der Waals surface area contributed by atoms with Crippen LogP contribution >= 0.6 is 11.6 Å². The summed E-state index contributed by atoms with van der Waals surface area (Å²) in [6, 6.07) is 0. The van der Waals surface area contributed by atoms with Crippen LogP contribution in [-0.4, -0.2) is 10.1 Å². The van der Waals surface area contributed by atoms with Crippen LogP contribution < -0.4 is 0 Å². The third-order valence-electron chi connectivity index (χ3n) is 1.83. The van der Waals surface area contributed by atoms with Crippen molar-refractivity contribution in [3.8, 4) is 0 Å². The molecule has 0 bridgehead atoms. The van der Waals surface area contributed by atoms with Crippen LogP contribution in [-0.2, 0) is 6.61 Å². The van der Waals surface area contributed by atoms with Gasteiger partial charge in [-0.15, -0.1) is 0 Å². The van der Waals surface area contributed by atoms with Crippen molar-refractivity contribution >= 4 is 11.6 Å². The first-order valence-electron chi connectivity index (χ1n) is 3.60. The topological polar surface area (TPSA) is 33.1 Å². The van der Waals surface area contributed by atoms with E-state index in [1.807, 2.05) is 0 Å². The van der Waals surface area contributed by atoms with Crippen LogP contribution in [0.15, 0.2) is 6.20 Å². The number of pyridine rings is 1. The highest BCUT2D eigenvalue weighted by molar-refractivity contribution is 6.30. The SMILES string of the molecule is Cc1c(CO)cnc(Cl)c1C(F)F. The fourth-order valence-corrected chi connectivity index (χ4v) is 1.31. The number of aliphatic hydroxyl groups is 1. The van der Waals surface area contributed by atoms with E-state index in [4.69, 9.17) is 16.7 Å². The van der Waals surface area contributed by atoms with Crippen molar-refractivity contribution in [2.45, 2.75) is 20.0 Å². The van der Waals surface area contributed by atoms with Crippen molar-refractivity contribution < 1.29 is 13.9 Å². The van der Waals surface area contributed by atoms with E-state index in [9.17, 15) is 8.78 Å². The summed E-state index contributed by atoms with van der Waals surface area (Å²) in [5, 5.41) is 8.58. The van der Waals surface area contributed by atoms with Gasteiger partial charge in [0.15, 0.2) is 0 Å². The van der Waals surface area contributed by atoms with Crippen molar-refractivity contribution in [3.05, 3.63) is 28.0 Å². The second-order valence-electron chi connectivity index (χ2n) is 2.57. The highest BCUT2D eigenvalue weighted by Gasteiger charge is 2.17. The van der Waals surface area contributed by atoms with Gasteiger partial charge in [0.1, 0.15) is 5.15 Å². The molecule has 72 valence electrons. The molecule has 0 saturated carbocycles. The van der Waals surface area contributed by atoms with E-state index in [1.165, 1.54) is 13.1 Å². The van der Waals surface area contributed by atoms with Gasteiger partial charge >= 0.3 is 0 Å². The van der Waals surface area contributed by atoms with E-state index in [2.05, 4.69) is 4.98 Å². The first-order chi connectivity index (χ1) is 6.07. The molecule has 0 fully saturated rings. The number of hydrogen-bond acceptors (Lipinski definition) is 2. The molecular weight excluding hydrogens is 200 g/mol. The summed E-state index contributed by atoms with van der Waals surface area (Å²) in [6.07, 6.45) is -1.37. The third-order valence-corrected chi connectivity index (χ3v) is 2.13. The summed E-state index contributed by atoms with van der Waals surface area (Å²) in [7, 11) is 0. The predicted molar refractivity (Wildman–Crippen MR) is 44.9 cm³/mol. The number of rotatable bonds is 2. The zero-order chi connectivity index (χ0) is 10.0. The molecule has 5 heteroatoms. The zero-order valence-corrected chi connectivity index (χ0v) is 7.65. The molecule has 1 heterocycles. The van der Waals surface area contributed by atoms with Crippen LogP contribution in [0.4, 0.5) is 8.78 Å². The van der Waals surface area contributed by atoms with Gasteiger partial charge in [0, 0.05) is 6.20 Å². The average Bonchev–Trinajstić information content (AvgIpc) is 2.04. The van der Waals surface area contributed by atoms with E-state index in [-0.39, 0.29) is 17.3 Å². The van der Waals surface area contributed by atoms with Gasteiger partial charge in [-0.3, -0.25) is 0 Å². The maximum Gasteiger partial charge on any atom is 0.267 e. The highest BCUT2D eigenvalue weighted by Crippen LogP contribution is 2.29. The lowest BCUT2D eigenvalue weighted by atomic mass is 10.1. The van der Waals surface area contributed by atoms with Gasteiger partial charge in [0.25, 0.3) is 6.43 Å². The van der Waals surface area contributed by atoms with Gasteiger partial charge in [-0.1, -0.05) is 11.6 Å². The predicted octanol–water partition coefficient (Wildman–Crippen LogP) is 2.47. The maximum absolute atomic E-state index is 12.4. The van der Waals surface area contributed by atoms with Gasteiger partial charge in [0.2, 0.25) is 0 Å². The third kappa shape index (κ3) is 1.95. The lowest BCUT2D eigenvalue weighted by Gasteiger charge is -2.09. The maximum atomic E-state index is 12.4. The Bertz CT molecular complexity index is 317. The largest absolute Gasteiger partial charge is 0.392 e. The number of halogens is 3. The summed E-state index contributed by atoms with van der Waals surface area (Å²) >= 11 is 5.48. The zero-order valence-electron chi connectivity index (χ0n) is 6.89. The van der Waals surface area contributed by atoms with Crippen LogP contribution in [0, 0.1) is 6.92 Å². The molecule has 0 saturated heterocycles. The molecule has 0 radical (unpaired) electrons. The number of alkyl halides is 2. The molecule has 0 spiro atoms. The summed E-state index contributed by atoms with van der Waals surface area (Å²) in [5.74, 6) is 0. The summed E-state index contributed by atoms with van der Waals surface area (Å²) in [5.41, 5.74) is 0.380. The molecule has 0 atom stereocenters. The Morgan fingerprint density at radius 2 is 2.23 bits per heavy atom. The molecular formula is C8H8ClF2NO. The Balaban J connectivity index is 3.30. The quantitative estimate of drug-likeness (QED) is 0.756. The number of aromatic nitrogens is 1. The molecule has 13 heavy (non-hydrogen) atoms. The Morgan fingerprint density at radius 3 is 2.69 bits per heavy atom. The Hall–Kier alpha value is -0.740. The lowest BCUT2D eigenvalue weighted by molar-refractivity contribution is 0.150. The van der Waals surface area contributed by atoms with Gasteiger partial charge in [-0.05, 0) is 18.1 Å². The molecule has 1 rings (SSSR count). The minimum atomic E-state index is -2.66. The van der Waals surface area contributed by atoms with Crippen molar-refractivity contribution in [3.63, 3.8) is 0 Å². The molecule has 2 nitrogen and oxygen atoms in total. The van der Waals surface area contributed by atoms with Crippen LogP contribution in [0.2, 0.25) is 5.15 Å². The Labute approximate surface area is 79.2 Å². The van der Waals surface area contributed by atoms with E-state index in [0.717, 1.165) is 0 Å². The van der Waals surface area contributed by atoms with Gasteiger partial charge in [-0.25, -0.2) is 13.8 Å².